The number of anilines is 1. The molecule has 10 heteroatoms. The van der Waals surface area contributed by atoms with Crippen LogP contribution in [0.25, 0.3) is 0 Å². The normalized spacial score (nSPS) is 11.0. The maximum absolute atomic E-state index is 12.2. The number of carbonyl (C=O) groups is 2. The number of benzene rings is 1. The Hall–Kier alpha value is -2.68. The average Bonchev–Trinajstić information content (AvgIpc) is 2.97. The SMILES string of the molecule is Cc1noc(C(C)C)c1C(=O)OCC(=O)Nc1ccc(OC(F)F)c(Cl)c1. The molecule has 0 bridgehead atoms. The summed E-state index contributed by atoms with van der Waals surface area (Å²) in [6, 6.07) is 3.75. The van der Waals surface area contributed by atoms with Crippen molar-refractivity contribution in [2.24, 2.45) is 0 Å². The van der Waals surface area contributed by atoms with Gasteiger partial charge >= 0.3 is 12.6 Å². The van der Waals surface area contributed by atoms with Crippen molar-refractivity contribution in [1.29, 1.82) is 0 Å². The largest absolute Gasteiger partial charge is 0.452 e. The Morgan fingerprint density at radius 2 is 2.04 bits per heavy atom. The van der Waals surface area contributed by atoms with E-state index in [1.165, 1.54) is 18.2 Å². The molecule has 27 heavy (non-hydrogen) atoms. The molecular formula is C17H17ClF2N2O5. The predicted octanol–water partition coefficient (Wildman–Crippen LogP) is 4.16. The summed E-state index contributed by atoms with van der Waals surface area (Å²) in [6.45, 7) is 1.67. The number of nitrogens with one attached hydrogen (secondary N) is 1. The van der Waals surface area contributed by atoms with E-state index in [-0.39, 0.29) is 27.9 Å². The van der Waals surface area contributed by atoms with Gasteiger partial charge in [0.05, 0.1) is 10.7 Å². The number of carbonyl (C=O) groups excluding carboxylic acids is 2. The number of ether oxygens (including phenoxy) is 2. The van der Waals surface area contributed by atoms with Crippen LogP contribution in [0.4, 0.5) is 14.5 Å². The lowest BCUT2D eigenvalue weighted by Crippen LogP contribution is -2.21. The molecule has 1 heterocycles. The summed E-state index contributed by atoms with van der Waals surface area (Å²) >= 11 is 5.80. The topological polar surface area (TPSA) is 90.7 Å². The standard InChI is InChI=1S/C17H17ClF2N2O5/c1-8(2)15-14(9(3)22-27-15)16(24)25-7-13(23)21-10-4-5-12(11(18)6-10)26-17(19)20/h4-6,8,17H,7H2,1-3H3,(H,21,23). The van der Waals surface area contributed by atoms with E-state index in [4.69, 9.17) is 20.9 Å². The first-order chi connectivity index (χ1) is 12.7. The van der Waals surface area contributed by atoms with Gasteiger partial charge in [0.15, 0.2) is 12.4 Å². The first kappa shape index (κ1) is 20.6. The highest BCUT2D eigenvalue weighted by atomic mass is 35.5. The number of halogens is 3. The van der Waals surface area contributed by atoms with Gasteiger partial charge in [-0.1, -0.05) is 30.6 Å². The van der Waals surface area contributed by atoms with Crippen molar-refractivity contribution in [3.63, 3.8) is 0 Å². The Kier molecular flexibility index (Phi) is 6.73. The third-order valence-corrected chi connectivity index (χ3v) is 3.68. The second-order valence-electron chi connectivity index (χ2n) is 5.81. The fourth-order valence-corrected chi connectivity index (χ4v) is 2.43. The van der Waals surface area contributed by atoms with Crippen LogP contribution >= 0.6 is 11.6 Å². The quantitative estimate of drug-likeness (QED) is 0.699. The summed E-state index contributed by atoms with van der Waals surface area (Å²) < 4.78 is 38.7. The van der Waals surface area contributed by atoms with E-state index < -0.39 is 25.1 Å². The lowest BCUT2D eigenvalue weighted by molar-refractivity contribution is -0.119. The Balaban J connectivity index is 1.96. The molecular weight excluding hydrogens is 386 g/mol. The number of aryl methyl sites for hydroxylation is 1. The van der Waals surface area contributed by atoms with Crippen molar-refractivity contribution >= 4 is 29.2 Å². The third-order valence-electron chi connectivity index (χ3n) is 3.38. The van der Waals surface area contributed by atoms with E-state index in [0.717, 1.165) is 0 Å². The zero-order valence-electron chi connectivity index (χ0n) is 14.7. The van der Waals surface area contributed by atoms with Gasteiger partial charge in [0.1, 0.15) is 11.3 Å². The number of aromatic nitrogens is 1. The van der Waals surface area contributed by atoms with E-state index in [1.54, 1.807) is 6.92 Å². The number of hydrogen-bond donors (Lipinski definition) is 1. The van der Waals surface area contributed by atoms with Crippen molar-refractivity contribution in [3.05, 3.63) is 40.2 Å². The summed E-state index contributed by atoms with van der Waals surface area (Å²) in [5.41, 5.74) is 0.784. The summed E-state index contributed by atoms with van der Waals surface area (Å²) in [5.74, 6) is -1.30. The van der Waals surface area contributed by atoms with Gasteiger partial charge in [-0.05, 0) is 25.1 Å². The molecule has 0 atom stereocenters. The fourth-order valence-electron chi connectivity index (χ4n) is 2.20. The molecule has 0 unspecified atom stereocenters. The van der Waals surface area contributed by atoms with Gasteiger partial charge in [-0.2, -0.15) is 8.78 Å². The minimum absolute atomic E-state index is 0.0845. The van der Waals surface area contributed by atoms with E-state index >= 15 is 0 Å². The van der Waals surface area contributed by atoms with Crippen LogP contribution in [0.15, 0.2) is 22.7 Å². The molecule has 0 fully saturated rings. The number of nitrogens with zero attached hydrogens (tertiary/aromatic N) is 1. The monoisotopic (exact) mass is 402 g/mol. The summed E-state index contributed by atoms with van der Waals surface area (Å²) in [4.78, 5) is 24.1. The number of alkyl halides is 2. The molecule has 0 aliphatic heterocycles. The van der Waals surface area contributed by atoms with Crippen LogP contribution in [-0.2, 0) is 9.53 Å². The molecule has 0 saturated carbocycles. The van der Waals surface area contributed by atoms with Crippen LogP contribution < -0.4 is 10.1 Å². The molecule has 146 valence electrons. The molecule has 1 aromatic carbocycles. The molecule has 0 aliphatic rings. The summed E-state index contributed by atoms with van der Waals surface area (Å²) in [6.07, 6.45) is 0. The number of esters is 1. The first-order valence-electron chi connectivity index (χ1n) is 7.86. The van der Waals surface area contributed by atoms with Crippen LogP contribution in [-0.4, -0.2) is 30.3 Å². The fraction of sp³-hybridized carbons (Fsp3) is 0.353. The zero-order chi connectivity index (χ0) is 20.1. The maximum atomic E-state index is 12.2. The molecule has 1 amide bonds. The Bertz CT molecular complexity index is 839. The highest BCUT2D eigenvalue weighted by Crippen LogP contribution is 2.29. The summed E-state index contributed by atoms with van der Waals surface area (Å²) in [7, 11) is 0. The Morgan fingerprint density at radius 1 is 1.33 bits per heavy atom. The molecule has 2 aromatic rings. The summed E-state index contributed by atoms with van der Waals surface area (Å²) in [5, 5.41) is 6.06. The van der Waals surface area contributed by atoms with Gasteiger partial charge < -0.3 is 19.3 Å². The highest BCUT2D eigenvalue weighted by Gasteiger charge is 2.24. The van der Waals surface area contributed by atoms with Crippen molar-refractivity contribution in [2.45, 2.75) is 33.3 Å². The van der Waals surface area contributed by atoms with Gasteiger partial charge in [0, 0.05) is 11.6 Å². The number of amides is 1. The maximum Gasteiger partial charge on any atom is 0.387 e. The lowest BCUT2D eigenvalue weighted by atomic mass is 10.1. The van der Waals surface area contributed by atoms with Crippen LogP contribution in [0.3, 0.4) is 0 Å². The Morgan fingerprint density at radius 3 is 2.63 bits per heavy atom. The van der Waals surface area contributed by atoms with Crippen LogP contribution in [0.1, 0.15) is 41.6 Å². The Labute approximate surface area is 158 Å². The number of hydrogen-bond acceptors (Lipinski definition) is 6. The molecule has 0 radical (unpaired) electrons. The van der Waals surface area contributed by atoms with Crippen molar-refractivity contribution in [2.75, 3.05) is 11.9 Å². The third kappa shape index (κ3) is 5.40. The average molecular weight is 403 g/mol. The van der Waals surface area contributed by atoms with Crippen LogP contribution in [0, 0.1) is 6.92 Å². The molecule has 1 N–H and O–H groups in total. The van der Waals surface area contributed by atoms with Crippen molar-refractivity contribution in [3.8, 4) is 5.75 Å². The van der Waals surface area contributed by atoms with E-state index in [1.807, 2.05) is 13.8 Å². The van der Waals surface area contributed by atoms with Crippen molar-refractivity contribution < 1.29 is 32.4 Å². The molecule has 0 saturated heterocycles. The predicted molar refractivity (Wildman–Crippen MR) is 92.3 cm³/mol. The van der Waals surface area contributed by atoms with Crippen LogP contribution in [0.2, 0.25) is 5.02 Å². The highest BCUT2D eigenvalue weighted by molar-refractivity contribution is 6.32. The van der Waals surface area contributed by atoms with Gasteiger partial charge in [-0.25, -0.2) is 4.79 Å². The van der Waals surface area contributed by atoms with Gasteiger partial charge in [0.25, 0.3) is 5.91 Å². The molecule has 0 spiro atoms. The minimum Gasteiger partial charge on any atom is -0.452 e. The van der Waals surface area contributed by atoms with Gasteiger partial charge in [-0.15, -0.1) is 0 Å². The molecule has 7 nitrogen and oxygen atoms in total. The molecule has 0 aliphatic carbocycles. The second-order valence-corrected chi connectivity index (χ2v) is 6.22. The first-order valence-corrected chi connectivity index (χ1v) is 8.24. The second kappa shape index (κ2) is 8.81. The lowest BCUT2D eigenvalue weighted by Gasteiger charge is -2.10. The minimum atomic E-state index is -3.01. The van der Waals surface area contributed by atoms with Crippen molar-refractivity contribution in [1.82, 2.24) is 5.16 Å². The van der Waals surface area contributed by atoms with E-state index in [0.29, 0.717) is 11.5 Å². The molecule has 1 aromatic heterocycles. The number of rotatable bonds is 7. The van der Waals surface area contributed by atoms with E-state index in [2.05, 4.69) is 15.2 Å². The smallest absolute Gasteiger partial charge is 0.387 e. The van der Waals surface area contributed by atoms with Crippen LogP contribution in [0.5, 0.6) is 5.75 Å². The zero-order valence-corrected chi connectivity index (χ0v) is 15.5. The van der Waals surface area contributed by atoms with Gasteiger partial charge in [-0.3, -0.25) is 4.79 Å². The molecule has 2 rings (SSSR count). The van der Waals surface area contributed by atoms with E-state index in [9.17, 15) is 18.4 Å². The van der Waals surface area contributed by atoms with Gasteiger partial charge in [0.2, 0.25) is 0 Å².